The topological polar surface area (TPSA) is 96.7 Å². The lowest BCUT2D eigenvalue weighted by Gasteiger charge is -2.34. The maximum absolute atomic E-state index is 12.7. The smallest absolute Gasteiger partial charge is 0.257 e. The van der Waals surface area contributed by atoms with Gasteiger partial charge >= 0.3 is 0 Å². The molecule has 0 spiro atoms. The lowest BCUT2D eigenvalue weighted by atomic mass is 10.00. The summed E-state index contributed by atoms with van der Waals surface area (Å²) in [5, 5.41) is 16.2. The van der Waals surface area contributed by atoms with E-state index >= 15 is 0 Å². The summed E-state index contributed by atoms with van der Waals surface area (Å²) in [6.07, 6.45) is 5.06. The van der Waals surface area contributed by atoms with Gasteiger partial charge in [-0.1, -0.05) is 12.1 Å². The van der Waals surface area contributed by atoms with Crippen LogP contribution in [0.25, 0.3) is 0 Å². The zero-order valence-corrected chi connectivity index (χ0v) is 11.9. The normalized spacial score (nSPS) is 20.2. The average Bonchev–Trinajstić information content (AvgIpc) is 2.86. The van der Waals surface area contributed by atoms with Crippen LogP contribution in [0, 0.1) is 0 Å². The van der Waals surface area contributed by atoms with E-state index in [2.05, 4.69) is 10.3 Å². The summed E-state index contributed by atoms with van der Waals surface area (Å²) in [6, 6.07) is -0.328. The van der Waals surface area contributed by atoms with Crippen molar-refractivity contribution in [2.75, 3.05) is 6.54 Å². The standard InChI is InChI=1S/C13H21N5O2/c1-3-10-9(8-17(2)15-10)13(19)18-7-5-4-6-11(18)12(14)16-20/h8,11,20H,3-7H2,1-2H3,(H2,14,16). The number of carbonyl (C=O) groups excluding carboxylic acids is 1. The Morgan fingerprint density at radius 3 is 3.00 bits per heavy atom. The molecule has 1 fully saturated rings. The Kier molecular flexibility index (Phi) is 4.26. The van der Waals surface area contributed by atoms with Crippen molar-refractivity contribution in [1.29, 1.82) is 0 Å². The highest BCUT2D eigenvalue weighted by Crippen LogP contribution is 2.21. The van der Waals surface area contributed by atoms with Gasteiger partial charge < -0.3 is 15.8 Å². The van der Waals surface area contributed by atoms with Crippen LogP contribution in [0.15, 0.2) is 11.4 Å². The van der Waals surface area contributed by atoms with Gasteiger partial charge in [0.1, 0.15) is 0 Å². The molecule has 2 heterocycles. The van der Waals surface area contributed by atoms with Gasteiger partial charge in [-0.2, -0.15) is 5.10 Å². The van der Waals surface area contributed by atoms with E-state index in [9.17, 15) is 4.79 Å². The van der Waals surface area contributed by atoms with Crippen molar-refractivity contribution in [3.8, 4) is 0 Å². The van der Waals surface area contributed by atoms with Crippen LogP contribution >= 0.6 is 0 Å². The van der Waals surface area contributed by atoms with Crippen molar-refractivity contribution < 1.29 is 10.0 Å². The van der Waals surface area contributed by atoms with Crippen molar-refractivity contribution in [2.24, 2.45) is 17.9 Å². The number of likely N-dealkylation sites (tertiary alicyclic amines) is 1. The second-order valence-electron chi connectivity index (χ2n) is 5.05. The molecule has 3 N–H and O–H groups in total. The summed E-state index contributed by atoms with van der Waals surface area (Å²) in [7, 11) is 1.80. The van der Waals surface area contributed by atoms with Crippen molar-refractivity contribution >= 4 is 11.7 Å². The highest BCUT2D eigenvalue weighted by atomic mass is 16.4. The quantitative estimate of drug-likeness (QED) is 0.369. The lowest BCUT2D eigenvalue weighted by Crippen LogP contribution is -2.50. The van der Waals surface area contributed by atoms with E-state index in [1.54, 1.807) is 22.8 Å². The molecule has 0 saturated carbocycles. The number of rotatable bonds is 3. The predicted molar refractivity (Wildman–Crippen MR) is 74.7 cm³/mol. The summed E-state index contributed by atoms with van der Waals surface area (Å²) >= 11 is 0. The molecule has 7 nitrogen and oxygen atoms in total. The molecule has 0 aromatic carbocycles. The van der Waals surface area contributed by atoms with Gasteiger partial charge in [0.05, 0.1) is 17.3 Å². The van der Waals surface area contributed by atoms with Gasteiger partial charge in [0.2, 0.25) is 0 Å². The minimum absolute atomic E-state index is 0.0914. The third-order valence-electron chi connectivity index (χ3n) is 3.69. The molecule has 7 heteroatoms. The van der Waals surface area contributed by atoms with Crippen molar-refractivity contribution in [2.45, 2.75) is 38.6 Å². The minimum atomic E-state index is -0.328. The Balaban J connectivity index is 2.29. The van der Waals surface area contributed by atoms with Crippen LogP contribution in [0.1, 0.15) is 42.2 Å². The van der Waals surface area contributed by atoms with E-state index in [0.29, 0.717) is 18.5 Å². The molecule has 2 rings (SSSR count). The maximum Gasteiger partial charge on any atom is 0.257 e. The molecule has 0 radical (unpaired) electrons. The number of carbonyl (C=O) groups is 1. The molecule has 20 heavy (non-hydrogen) atoms. The molecule has 0 aliphatic carbocycles. The first-order chi connectivity index (χ1) is 9.58. The molecule has 1 unspecified atom stereocenters. The average molecular weight is 279 g/mol. The Bertz CT molecular complexity index is 523. The van der Waals surface area contributed by atoms with Gasteiger partial charge in [-0.25, -0.2) is 0 Å². The molecule has 1 aliphatic heterocycles. The third-order valence-corrected chi connectivity index (χ3v) is 3.69. The second-order valence-corrected chi connectivity index (χ2v) is 5.05. The second kappa shape index (κ2) is 5.94. The first-order valence-corrected chi connectivity index (χ1v) is 6.89. The Morgan fingerprint density at radius 2 is 2.35 bits per heavy atom. The van der Waals surface area contributed by atoms with Gasteiger partial charge in [-0.15, -0.1) is 0 Å². The SMILES string of the molecule is CCc1nn(C)cc1C(=O)N1CCCCC1/C(N)=N/O. The number of nitrogens with two attached hydrogens (primary N) is 1. The first-order valence-electron chi connectivity index (χ1n) is 6.89. The van der Waals surface area contributed by atoms with E-state index in [0.717, 1.165) is 25.0 Å². The number of amides is 1. The van der Waals surface area contributed by atoms with E-state index in [1.165, 1.54) is 0 Å². The lowest BCUT2D eigenvalue weighted by molar-refractivity contribution is 0.0675. The summed E-state index contributed by atoms with van der Waals surface area (Å²) in [6.45, 7) is 2.59. The fourth-order valence-electron chi connectivity index (χ4n) is 2.68. The molecule has 110 valence electrons. The zero-order valence-electron chi connectivity index (χ0n) is 11.9. The van der Waals surface area contributed by atoms with Gasteiger partial charge in [0.15, 0.2) is 5.84 Å². The predicted octanol–water partition coefficient (Wildman–Crippen LogP) is 0.724. The molecule has 1 aliphatic rings. The molecule has 0 bridgehead atoms. The van der Waals surface area contributed by atoms with Gasteiger partial charge in [-0.05, 0) is 25.7 Å². The third kappa shape index (κ3) is 2.61. The van der Waals surface area contributed by atoms with E-state index in [1.807, 2.05) is 6.92 Å². The fraction of sp³-hybridized carbons (Fsp3) is 0.615. The van der Waals surface area contributed by atoms with Crippen molar-refractivity contribution in [3.05, 3.63) is 17.5 Å². The van der Waals surface area contributed by atoms with Crippen LogP contribution in [0.3, 0.4) is 0 Å². The largest absolute Gasteiger partial charge is 0.409 e. The Hall–Kier alpha value is -2.05. The summed E-state index contributed by atoms with van der Waals surface area (Å²) in [5.74, 6) is 0.00578. The van der Waals surface area contributed by atoms with Crippen LogP contribution in [-0.4, -0.2) is 44.2 Å². The van der Waals surface area contributed by atoms with Crippen LogP contribution in [0.2, 0.25) is 0 Å². The van der Waals surface area contributed by atoms with Crippen LogP contribution in [-0.2, 0) is 13.5 Å². The fourth-order valence-corrected chi connectivity index (χ4v) is 2.68. The van der Waals surface area contributed by atoms with E-state index < -0.39 is 0 Å². The summed E-state index contributed by atoms with van der Waals surface area (Å²) in [4.78, 5) is 14.4. The number of hydrogen-bond donors (Lipinski definition) is 2. The maximum atomic E-state index is 12.7. The van der Waals surface area contributed by atoms with Crippen LogP contribution < -0.4 is 5.73 Å². The highest BCUT2D eigenvalue weighted by Gasteiger charge is 2.32. The molecule has 1 atom stereocenters. The number of hydrogen-bond acceptors (Lipinski definition) is 4. The number of amidine groups is 1. The summed E-state index contributed by atoms with van der Waals surface area (Å²) < 4.78 is 1.65. The molecule has 1 aromatic heterocycles. The van der Waals surface area contributed by atoms with E-state index in [4.69, 9.17) is 10.9 Å². The zero-order chi connectivity index (χ0) is 14.7. The van der Waals surface area contributed by atoms with Gasteiger partial charge in [0, 0.05) is 19.8 Å². The Labute approximate surface area is 118 Å². The molecular formula is C13H21N5O2. The number of nitrogens with zero attached hydrogens (tertiary/aromatic N) is 4. The van der Waals surface area contributed by atoms with Crippen molar-refractivity contribution in [3.63, 3.8) is 0 Å². The van der Waals surface area contributed by atoms with E-state index in [-0.39, 0.29) is 17.8 Å². The monoisotopic (exact) mass is 279 g/mol. The van der Waals surface area contributed by atoms with Crippen LogP contribution in [0.5, 0.6) is 0 Å². The first kappa shape index (κ1) is 14.4. The number of aromatic nitrogens is 2. The molecule has 1 amide bonds. The van der Waals surface area contributed by atoms with Gasteiger partial charge in [0.25, 0.3) is 5.91 Å². The van der Waals surface area contributed by atoms with Crippen molar-refractivity contribution in [1.82, 2.24) is 14.7 Å². The molecule has 1 aromatic rings. The van der Waals surface area contributed by atoms with Crippen LogP contribution in [0.4, 0.5) is 0 Å². The Morgan fingerprint density at radius 1 is 1.60 bits per heavy atom. The number of aryl methyl sites for hydroxylation is 2. The molecule has 1 saturated heterocycles. The van der Waals surface area contributed by atoms with Gasteiger partial charge in [-0.3, -0.25) is 9.48 Å². The molecular weight excluding hydrogens is 258 g/mol. The number of oxime groups is 1. The number of piperidine rings is 1. The summed E-state index contributed by atoms with van der Waals surface area (Å²) in [5.41, 5.74) is 7.10. The minimum Gasteiger partial charge on any atom is -0.409 e. The highest BCUT2D eigenvalue weighted by molar-refractivity contribution is 5.99.